The molecule has 0 aliphatic rings. The molecule has 0 spiro atoms. The van der Waals surface area contributed by atoms with E-state index in [0.717, 1.165) is 44.5 Å². The van der Waals surface area contributed by atoms with E-state index in [1.165, 1.54) is 0 Å². The van der Waals surface area contributed by atoms with Gasteiger partial charge in [-0.15, -0.1) is 0 Å². The molecule has 308 valence electrons. The Kier molecular flexibility index (Phi) is 18.1. The fourth-order valence-electron chi connectivity index (χ4n) is 6.77. The smallest absolute Gasteiger partial charge is 0.112 e. The maximum absolute atomic E-state index is 10.5. The first-order chi connectivity index (χ1) is 28.8. The van der Waals surface area contributed by atoms with Crippen molar-refractivity contribution in [1.29, 1.82) is 0 Å². The molecule has 0 aliphatic heterocycles. The van der Waals surface area contributed by atoms with Gasteiger partial charge in [0.05, 0.1) is 0 Å². The Morgan fingerprint density at radius 1 is 0.197 bits per heavy atom. The third kappa shape index (κ3) is 13.2. The molecule has 0 bridgehead atoms. The van der Waals surface area contributed by atoms with Gasteiger partial charge in [0.2, 0.25) is 0 Å². The van der Waals surface area contributed by atoms with Crippen LogP contribution in [0.5, 0.6) is 0 Å². The van der Waals surface area contributed by atoms with Crippen LogP contribution in [0.1, 0.15) is 72.2 Å². The van der Waals surface area contributed by atoms with Crippen LogP contribution in [0, 0.1) is 0 Å². The van der Waals surface area contributed by atoms with Crippen LogP contribution in [0.3, 0.4) is 0 Å². The number of hydrogen-bond acceptors (Lipinski definition) is 4. The molecule has 0 saturated heterocycles. The molecule has 0 aliphatic carbocycles. The van der Waals surface area contributed by atoms with Gasteiger partial charge in [-0.25, -0.2) is 0 Å². The molecule has 0 unspecified atom stereocenters. The molecule has 0 aromatic heterocycles. The van der Waals surface area contributed by atoms with E-state index in [4.69, 9.17) is 0 Å². The average molecular weight is 972 g/mol. The Labute approximate surface area is 381 Å². The third-order valence-corrected chi connectivity index (χ3v) is 10.7. The van der Waals surface area contributed by atoms with Crippen LogP contribution in [-0.2, 0) is 48.2 Å². The molecule has 0 amide bonds. The number of benzene rings is 8. The summed E-state index contributed by atoms with van der Waals surface area (Å²) < 4.78 is 0. The van der Waals surface area contributed by atoms with Crippen molar-refractivity contribution in [2.45, 2.75) is 50.1 Å². The Hall–Kier alpha value is -5.53. The van der Waals surface area contributed by atoms with Crippen molar-refractivity contribution in [3.63, 3.8) is 0 Å². The van der Waals surface area contributed by atoms with Crippen molar-refractivity contribution in [3.05, 3.63) is 287 Å². The Bertz CT molecular complexity index is 1860. The van der Waals surface area contributed by atoms with Crippen molar-refractivity contribution < 1.29 is 46.3 Å². The zero-order valence-electron chi connectivity index (χ0n) is 35.4. The van der Waals surface area contributed by atoms with Gasteiger partial charge in [-0.2, -0.15) is 0 Å². The van der Waals surface area contributed by atoms with Gasteiger partial charge in [0, 0.05) is 25.8 Å². The molecule has 61 heavy (non-hydrogen) atoms. The number of aliphatic hydroxyl groups is 4. The van der Waals surface area contributed by atoms with Gasteiger partial charge < -0.3 is 20.4 Å². The Morgan fingerprint density at radius 3 is 0.361 bits per heavy atom. The second-order valence-electron chi connectivity index (χ2n) is 15.2. The van der Waals surface area contributed by atoms with Crippen LogP contribution in [0.4, 0.5) is 0 Å². The number of hydrogen-bond donors (Lipinski definition) is 4. The minimum absolute atomic E-state index is 0. The van der Waals surface area contributed by atoms with E-state index < -0.39 is 22.4 Å². The zero-order chi connectivity index (χ0) is 42.9. The van der Waals surface area contributed by atoms with E-state index in [2.05, 4.69) is 0 Å². The maximum atomic E-state index is 10.5. The zero-order valence-corrected chi connectivity index (χ0v) is 39.0. The molecule has 8 aromatic carbocycles. The van der Waals surface area contributed by atoms with Crippen LogP contribution in [-0.4, -0.2) is 20.4 Å². The minimum atomic E-state index is -0.914. The first-order valence-electron chi connectivity index (χ1n) is 20.2. The van der Waals surface area contributed by atoms with Crippen LogP contribution in [0.15, 0.2) is 243 Å². The van der Waals surface area contributed by atoms with Crippen LogP contribution in [0.25, 0.3) is 0 Å². The van der Waals surface area contributed by atoms with E-state index in [9.17, 15) is 20.4 Å². The van der Waals surface area contributed by atoms with Crippen molar-refractivity contribution in [1.82, 2.24) is 0 Å². The first kappa shape index (κ1) is 48.1. The van der Waals surface area contributed by atoms with Crippen LogP contribution >= 0.6 is 0 Å². The SMILES string of the molecule is CC(O)(c1ccccc1)c1ccccc1.CC(O)(c1ccccc1)c1ccccc1.CC(O)(c1ccccc1)c1ccccc1.CC(O)(c1ccccc1)c1ccccc1.[Hf]. The number of rotatable bonds is 8. The van der Waals surface area contributed by atoms with Gasteiger partial charge >= 0.3 is 0 Å². The summed E-state index contributed by atoms with van der Waals surface area (Å²) in [4.78, 5) is 0. The normalized spacial score (nSPS) is 11.1. The van der Waals surface area contributed by atoms with Crippen molar-refractivity contribution in [2.24, 2.45) is 0 Å². The molecule has 0 radical (unpaired) electrons. The second-order valence-corrected chi connectivity index (χ2v) is 15.2. The van der Waals surface area contributed by atoms with Crippen LogP contribution < -0.4 is 0 Å². The van der Waals surface area contributed by atoms with E-state index >= 15 is 0 Å². The third-order valence-electron chi connectivity index (χ3n) is 10.7. The topological polar surface area (TPSA) is 80.9 Å². The molecule has 4 N–H and O–H groups in total. The summed E-state index contributed by atoms with van der Waals surface area (Å²) in [5.74, 6) is 0. The second kappa shape index (κ2) is 22.9. The van der Waals surface area contributed by atoms with E-state index in [0.29, 0.717) is 0 Å². The largest absolute Gasteiger partial charge is 0.381 e. The van der Waals surface area contributed by atoms with Gasteiger partial charge in [-0.3, -0.25) is 0 Å². The monoisotopic (exact) mass is 972 g/mol. The van der Waals surface area contributed by atoms with Gasteiger partial charge in [0.15, 0.2) is 0 Å². The fraction of sp³-hybridized carbons (Fsp3) is 0.143. The maximum Gasteiger partial charge on any atom is 0.112 e. The standard InChI is InChI=1S/4C14H14O.Hf/c4*1-14(15,12-8-4-2-5-9-12)13-10-6-3-7-11-13;/h4*2-11,15H,1H3;. The summed E-state index contributed by atoms with van der Waals surface area (Å²) in [7, 11) is 0. The van der Waals surface area contributed by atoms with E-state index in [-0.39, 0.29) is 25.8 Å². The molecule has 8 aromatic rings. The summed E-state index contributed by atoms with van der Waals surface area (Å²) in [6, 6.07) is 77.6. The molecule has 8 rings (SSSR count). The Morgan fingerprint density at radius 2 is 0.279 bits per heavy atom. The predicted molar refractivity (Wildman–Crippen MR) is 246 cm³/mol. The van der Waals surface area contributed by atoms with Crippen molar-refractivity contribution in [2.75, 3.05) is 0 Å². The Balaban J connectivity index is 0.000000178. The van der Waals surface area contributed by atoms with Gasteiger partial charge in [0.1, 0.15) is 22.4 Å². The fourth-order valence-corrected chi connectivity index (χ4v) is 6.77. The van der Waals surface area contributed by atoms with Crippen molar-refractivity contribution in [3.8, 4) is 0 Å². The molecular weight excluding hydrogens is 915 g/mol. The summed E-state index contributed by atoms with van der Waals surface area (Å²) in [6.45, 7) is 7.27. The molecule has 0 heterocycles. The van der Waals surface area contributed by atoms with E-state index in [1.807, 2.05) is 270 Å². The van der Waals surface area contributed by atoms with Gasteiger partial charge in [0.25, 0.3) is 0 Å². The average Bonchev–Trinajstić information content (AvgIpc) is 3.32. The predicted octanol–water partition coefficient (Wildman–Crippen LogP) is 11.8. The summed E-state index contributed by atoms with van der Waals surface area (Å²) >= 11 is 0. The summed E-state index contributed by atoms with van der Waals surface area (Å²) in [5.41, 5.74) is 3.65. The molecule has 0 fully saturated rings. The quantitative estimate of drug-likeness (QED) is 0.114. The molecule has 0 atom stereocenters. The van der Waals surface area contributed by atoms with Crippen LogP contribution in [0.2, 0.25) is 0 Å². The summed E-state index contributed by atoms with van der Waals surface area (Å²) in [6.07, 6.45) is 0. The van der Waals surface area contributed by atoms with E-state index in [1.54, 1.807) is 0 Å². The molecule has 5 heteroatoms. The summed E-state index contributed by atoms with van der Waals surface area (Å²) in [5, 5.41) is 41.8. The van der Waals surface area contributed by atoms with Gasteiger partial charge in [-0.1, -0.05) is 243 Å². The molecular formula is C56H56HfO4. The first-order valence-corrected chi connectivity index (χ1v) is 20.2. The molecule has 0 saturated carbocycles. The van der Waals surface area contributed by atoms with Gasteiger partial charge in [-0.05, 0) is 72.2 Å². The minimum Gasteiger partial charge on any atom is -0.381 e. The molecule has 4 nitrogen and oxygen atoms in total. The van der Waals surface area contributed by atoms with Crippen molar-refractivity contribution >= 4 is 0 Å².